The van der Waals surface area contributed by atoms with E-state index in [1.54, 1.807) is 0 Å². The van der Waals surface area contributed by atoms with Crippen LogP contribution in [0.2, 0.25) is 0 Å². The number of hydrogen-bond acceptors (Lipinski definition) is 0. The van der Waals surface area contributed by atoms with Crippen LogP contribution in [0.5, 0.6) is 0 Å². The predicted molar refractivity (Wildman–Crippen MR) is 12.7 cm³/mol. The molecule has 5 heteroatoms. The second-order valence-electron chi connectivity index (χ2n) is 0.214. The van der Waals surface area contributed by atoms with E-state index in [1.807, 2.05) is 0 Å². The standard InChI is InChI=1S/3FH.H2O.Sn/h3*1H;1H2;/q;;;;+3/p-3. The molecular weight excluding hydrogens is 192 g/mol. The van der Waals surface area contributed by atoms with Gasteiger partial charge >= 0.3 is 30.1 Å². The Bertz CT molecular complexity index is 11.6. The Morgan fingerprint density at radius 3 is 1.00 bits per heavy atom. The van der Waals surface area contributed by atoms with E-state index in [-0.39, 0.29) is 5.48 Å². The van der Waals surface area contributed by atoms with E-state index in [2.05, 4.69) is 0 Å². The molecule has 0 amide bonds. The molecule has 0 bridgehead atoms. The quantitative estimate of drug-likeness (QED) is 0.488. The van der Waals surface area contributed by atoms with Crippen LogP contribution >= 0.6 is 0 Å². The molecule has 0 unspecified atom stereocenters. The van der Waals surface area contributed by atoms with Crippen molar-refractivity contribution < 1.29 is 14.1 Å². The van der Waals surface area contributed by atoms with Gasteiger partial charge in [0, 0.05) is 0 Å². The van der Waals surface area contributed by atoms with Gasteiger partial charge in [-0.05, 0) is 0 Å². The molecule has 0 heterocycles. The third kappa shape index (κ3) is 98.1. The Hall–Kier alpha value is 0.549. The van der Waals surface area contributed by atoms with E-state index in [4.69, 9.17) is 0 Å². The summed E-state index contributed by atoms with van der Waals surface area (Å²) in [4.78, 5) is 0. The Labute approximate surface area is 36.2 Å². The van der Waals surface area contributed by atoms with Crippen molar-refractivity contribution in [2.24, 2.45) is 0 Å². The molecule has 1 nitrogen and oxygen atoms in total. The molecule has 0 aromatic carbocycles. The van der Waals surface area contributed by atoms with Gasteiger partial charge in [-0.1, -0.05) is 0 Å². The van der Waals surface area contributed by atoms with Crippen LogP contribution in [0.25, 0.3) is 0 Å². The van der Waals surface area contributed by atoms with Crippen LogP contribution in [0.4, 0.5) is 8.60 Å². The van der Waals surface area contributed by atoms with Gasteiger partial charge in [0.25, 0.3) is 0 Å². The Morgan fingerprint density at radius 1 is 1.00 bits per heavy atom. The summed E-state index contributed by atoms with van der Waals surface area (Å²) >= 11 is -5.04. The summed E-state index contributed by atoms with van der Waals surface area (Å²) in [5.74, 6) is 0. The van der Waals surface area contributed by atoms with Gasteiger partial charge in [-0.2, -0.15) is 0 Å². The molecule has 0 aromatic heterocycles. The topological polar surface area (TPSA) is 31.5 Å². The molecule has 2 N–H and O–H groups in total. The number of halogens is 3. The van der Waals surface area contributed by atoms with Crippen molar-refractivity contribution in [3.8, 4) is 0 Å². The molecule has 0 aliphatic carbocycles. The Kier molecular flexibility index (Phi) is 8.29. The molecule has 5 heavy (non-hydrogen) atoms. The van der Waals surface area contributed by atoms with E-state index in [9.17, 15) is 8.60 Å². The summed E-state index contributed by atoms with van der Waals surface area (Å²) in [6.07, 6.45) is 0. The van der Waals surface area contributed by atoms with E-state index in [0.29, 0.717) is 0 Å². The van der Waals surface area contributed by atoms with Gasteiger partial charge < -0.3 is 5.48 Å². The van der Waals surface area contributed by atoms with Crippen molar-refractivity contribution in [2.45, 2.75) is 0 Å². The van der Waals surface area contributed by atoms with Crippen molar-refractivity contribution in [1.29, 1.82) is 0 Å². The second kappa shape index (κ2) is 4.55. The van der Waals surface area contributed by atoms with Gasteiger partial charge in [0.2, 0.25) is 0 Å². The maximum absolute atomic E-state index is 9.86. The summed E-state index contributed by atoms with van der Waals surface area (Å²) in [6.45, 7) is 0. The molecule has 0 aliphatic rings. The summed E-state index contributed by atoms with van der Waals surface area (Å²) in [5.41, 5.74) is 0. The predicted octanol–water partition coefficient (Wildman–Crippen LogP) is 0.0551. The first-order valence-electron chi connectivity index (χ1n) is 0.567. The second-order valence-corrected chi connectivity index (χ2v) is 1.44. The fourth-order valence-corrected chi connectivity index (χ4v) is 0. The van der Waals surface area contributed by atoms with Gasteiger partial charge in [0.15, 0.2) is 0 Å². The normalized spacial score (nSPS) is 7.20. The monoisotopic (exact) mass is 195 g/mol. The van der Waals surface area contributed by atoms with Crippen LogP contribution in [0.1, 0.15) is 0 Å². The molecule has 0 atom stereocenters. The Balaban J connectivity index is 0. The van der Waals surface area contributed by atoms with Crippen molar-refractivity contribution in [2.75, 3.05) is 0 Å². The van der Waals surface area contributed by atoms with E-state index < -0.39 is 21.5 Å². The zero-order valence-corrected chi connectivity index (χ0v) is 4.99. The molecule has 33 valence electrons. The Morgan fingerprint density at radius 2 is 1.00 bits per heavy atom. The van der Waals surface area contributed by atoms with Gasteiger partial charge in [-0.15, -0.1) is 0 Å². The van der Waals surface area contributed by atoms with Crippen LogP contribution in [-0.2, 0) is 0 Å². The van der Waals surface area contributed by atoms with Crippen LogP contribution < -0.4 is 0 Å². The molecule has 0 rings (SSSR count). The molecular formula is H2F3OSn. The average Bonchev–Trinajstić information content (AvgIpc) is 0.811. The number of rotatable bonds is 0. The summed E-state index contributed by atoms with van der Waals surface area (Å²) < 4.78 is 29.6. The fraction of sp³-hybridized carbons (Fsp3) is 0. The third-order valence-corrected chi connectivity index (χ3v) is 0. The van der Waals surface area contributed by atoms with Gasteiger partial charge in [-0.3, -0.25) is 0 Å². The van der Waals surface area contributed by atoms with Gasteiger partial charge in [-0.25, -0.2) is 0 Å². The van der Waals surface area contributed by atoms with Crippen LogP contribution in [-0.4, -0.2) is 27.0 Å². The summed E-state index contributed by atoms with van der Waals surface area (Å²) in [7, 11) is 0. The first kappa shape index (κ1) is 9.12. The fourth-order valence-electron chi connectivity index (χ4n) is 0. The van der Waals surface area contributed by atoms with Gasteiger partial charge in [0.1, 0.15) is 0 Å². The molecule has 0 saturated heterocycles. The SMILES string of the molecule is O.[F][Sn]([F])[F]. The first-order chi connectivity index (χ1) is 1.73. The third-order valence-electron chi connectivity index (χ3n) is 0. The zero-order chi connectivity index (χ0) is 3.58. The number of hydrogen-bond donors (Lipinski definition) is 0. The van der Waals surface area contributed by atoms with Crippen LogP contribution in [0, 0.1) is 0 Å². The molecule has 0 spiro atoms. The zero-order valence-electron chi connectivity index (χ0n) is 2.13. The summed E-state index contributed by atoms with van der Waals surface area (Å²) in [6, 6.07) is 0. The van der Waals surface area contributed by atoms with Gasteiger partial charge in [0.05, 0.1) is 0 Å². The summed E-state index contributed by atoms with van der Waals surface area (Å²) in [5, 5.41) is 0. The minimum absolute atomic E-state index is 0. The molecule has 0 saturated carbocycles. The van der Waals surface area contributed by atoms with Crippen molar-refractivity contribution >= 4 is 21.5 Å². The van der Waals surface area contributed by atoms with Crippen LogP contribution in [0.15, 0.2) is 0 Å². The molecule has 0 aromatic rings. The minimum atomic E-state index is -5.04. The van der Waals surface area contributed by atoms with Crippen molar-refractivity contribution in [3.63, 3.8) is 0 Å². The van der Waals surface area contributed by atoms with Crippen LogP contribution in [0.3, 0.4) is 0 Å². The average molecular weight is 194 g/mol. The molecule has 1 radical (unpaired) electrons. The maximum atomic E-state index is 9.86. The van der Waals surface area contributed by atoms with E-state index in [0.717, 1.165) is 0 Å². The molecule has 0 fully saturated rings. The van der Waals surface area contributed by atoms with Crippen molar-refractivity contribution in [1.82, 2.24) is 0 Å². The first-order valence-corrected chi connectivity index (χ1v) is 3.80. The van der Waals surface area contributed by atoms with Crippen molar-refractivity contribution in [3.05, 3.63) is 0 Å². The van der Waals surface area contributed by atoms with E-state index >= 15 is 0 Å². The molecule has 0 aliphatic heterocycles. The van der Waals surface area contributed by atoms with E-state index in [1.165, 1.54) is 0 Å².